The number of fused-ring (bicyclic) bond motifs is 1. The molecule has 1 atom stereocenters. The van der Waals surface area contributed by atoms with Gasteiger partial charge < -0.3 is 28.4 Å². The van der Waals surface area contributed by atoms with Crippen molar-refractivity contribution in [3.63, 3.8) is 0 Å². The summed E-state index contributed by atoms with van der Waals surface area (Å²) in [5, 5.41) is 0.589. The number of carbonyl (C=O) groups excluding carboxylic acids is 2. The quantitative estimate of drug-likeness (QED) is 0.125. The topological polar surface area (TPSA) is 124 Å². The van der Waals surface area contributed by atoms with Crippen LogP contribution in [-0.4, -0.2) is 50.5 Å². The van der Waals surface area contributed by atoms with Gasteiger partial charge in [-0.2, -0.15) is 0 Å². The molecule has 0 saturated carbocycles. The molecule has 1 aliphatic rings. The molecule has 50 heavy (non-hydrogen) atoms. The van der Waals surface area contributed by atoms with Gasteiger partial charge >= 0.3 is 11.9 Å². The van der Waals surface area contributed by atoms with Gasteiger partial charge in [0, 0.05) is 14.2 Å². The van der Waals surface area contributed by atoms with E-state index in [9.17, 15) is 14.4 Å². The summed E-state index contributed by atoms with van der Waals surface area (Å²) in [7, 11) is 2.82. The first-order chi connectivity index (χ1) is 24.1. The van der Waals surface area contributed by atoms with Crippen LogP contribution < -0.4 is 33.8 Å². The SMILES string of the molecule is CCOC(=O)C1=C(C)N=c2s/c(=C/c3cc(I)cc(OC)c3OCc3cccc(Cl)c3)c(=O)n2[C@H]1c1ccc(OCC(=O)OC)c(OCC)c1. The molecule has 1 aromatic heterocycles. The molecule has 0 amide bonds. The summed E-state index contributed by atoms with van der Waals surface area (Å²) >= 11 is 9.56. The number of carbonyl (C=O) groups is 2. The standard InChI is InChI=1S/C36H34ClIN2O9S/c1-6-46-27-15-22(11-12-26(27)48-19-30(41)45-5)32-31(35(43)47-7-2)20(3)39-36-40(32)34(42)29(50-36)16-23-14-25(38)17-28(44-4)33(23)49-18-21-9-8-10-24(37)13-21/h8-17,32H,6-7,18-19H2,1-5H3/b29-16+/t32-/m0/s1. The maximum atomic E-state index is 14.4. The van der Waals surface area contributed by atoms with Crippen LogP contribution in [0.5, 0.6) is 23.0 Å². The molecule has 5 rings (SSSR count). The predicted molar refractivity (Wildman–Crippen MR) is 197 cm³/mol. The fraction of sp³-hybridized carbons (Fsp3) is 0.278. The molecule has 2 heterocycles. The van der Waals surface area contributed by atoms with E-state index in [0.717, 1.165) is 9.13 Å². The average molecular weight is 833 g/mol. The second-order valence-electron chi connectivity index (χ2n) is 10.8. The molecule has 0 radical (unpaired) electrons. The highest BCUT2D eigenvalue weighted by molar-refractivity contribution is 14.1. The van der Waals surface area contributed by atoms with Crippen molar-refractivity contribution >= 4 is 63.5 Å². The summed E-state index contributed by atoms with van der Waals surface area (Å²) in [6.45, 7) is 5.53. The Morgan fingerprint density at radius 3 is 2.50 bits per heavy atom. The minimum Gasteiger partial charge on any atom is -0.493 e. The Balaban J connectivity index is 1.66. The second kappa shape index (κ2) is 16.6. The van der Waals surface area contributed by atoms with Gasteiger partial charge in [-0.15, -0.1) is 0 Å². The van der Waals surface area contributed by atoms with Gasteiger partial charge in [-0.1, -0.05) is 41.1 Å². The van der Waals surface area contributed by atoms with Gasteiger partial charge in [-0.25, -0.2) is 14.6 Å². The van der Waals surface area contributed by atoms with Crippen LogP contribution in [0.2, 0.25) is 5.02 Å². The number of ether oxygens (including phenoxy) is 6. The molecule has 0 saturated heterocycles. The number of thiazole rings is 1. The summed E-state index contributed by atoms with van der Waals surface area (Å²) < 4.78 is 36.3. The minimum atomic E-state index is -0.912. The first-order valence-electron chi connectivity index (χ1n) is 15.5. The highest BCUT2D eigenvalue weighted by Gasteiger charge is 2.34. The third-order valence-electron chi connectivity index (χ3n) is 7.50. The maximum Gasteiger partial charge on any atom is 0.343 e. The second-order valence-corrected chi connectivity index (χ2v) is 13.4. The maximum absolute atomic E-state index is 14.4. The van der Waals surface area contributed by atoms with E-state index in [1.54, 1.807) is 58.2 Å². The Morgan fingerprint density at radius 2 is 1.80 bits per heavy atom. The zero-order valence-electron chi connectivity index (χ0n) is 27.9. The number of benzene rings is 3. The third-order valence-corrected chi connectivity index (χ3v) is 9.34. The van der Waals surface area contributed by atoms with Crippen LogP contribution in [0.1, 0.15) is 43.5 Å². The first kappa shape index (κ1) is 36.9. The Kier molecular flexibility index (Phi) is 12.2. The van der Waals surface area contributed by atoms with Crippen molar-refractivity contribution in [3.8, 4) is 23.0 Å². The normalized spacial score (nSPS) is 14.1. The zero-order chi connectivity index (χ0) is 35.9. The highest BCUT2D eigenvalue weighted by Crippen LogP contribution is 2.37. The molecule has 0 spiro atoms. The van der Waals surface area contributed by atoms with E-state index in [4.69, 9.17) is 40.0 Å². The van der Waals surface area contributed by atoms with E-state index in [2.05, 4.69) is 27.6 Å². The lowest BCUT2D eigenvalue weighted by Gasteiger charge is -2.25. The van der Waals surface area contributed by atoms with Crippen LogP contribution in [0.3, 0.4) is 0 Å². The van der Waals surface area contributed by atoms with Crippen molar-refractivity contribution in [2.45, 2.75) is 33.4 Å². The van der Waals surface area contributed by atoms with E-state index in [0.29, 0.717) is 60.8 Å². The molecule has 262 valence electrons. The molecule has 3 aromatic carbocycles. The number of esters is 2. The lowest BCUT2D eigenvalue weighted by molar-refractivity contribution is -0.143. The van der Waals surface area contributed by atoms with Gasteiger partial charge in [0.2, 0.25) is 0 Å². The molecule has 4 aromatic rings. The summed E-state index contributed by atoms with van der Waals surface area (Å²) in [4.78, 5) is 44.7. The summed E-state index contributed by atoms with van der Waals surface area (Å²) in [6, 6.07) is 15.2. The number of allylic oxidation sites excluding steroid dienone is 1. The van der Waals surface area contributed by atoms with Gasteiger partial charge in [0.1, 0.15) is 6.61 Å². The molecule has 11 nitrogen and oxygen atoms in total. The molecule has 0 bridgehead atoms. The van der Waals surface area contributed by atoms with E-state index in [1.165, 1.54) is 23.0 Å². The number of aromatic nitrogens is 1. The van der Waals surface area contributed by atoms with Crippen molar-refractivity contribution in [1.82, 2.24) is 4.57 Å². The molecular formula is C36H34ClIN2O9S. The fourth-order valence-corrected chi connectivity index (χ4v) is 7.18. The van der Waals surface area contributed by atoms with Crippen LogP contribution in [0.15, 0.2) is 75.7 Å². The fourth-order valence-electron chi connectivity index (χ4n) is 5.31. The zero-order valence-corrected chi connectivity index (χ0v) is 31.6. The van der Waals surface area contributed by atoms with E-state index in [-0.39, 0.29) is 31.0 Å². The lowest BCUT2D eigenvalue weighted by Crippen LogP contribution is -2.40. The van der Waals surface area contributed by atoms with Crippen LogP contribution in [-0.2, 0) is 25.7 Å². The van der Waals surface area contributed by atoms with E-state index < -0.39 is 18.0 Å². The molecular weight excluding hydrogens is 799 g/mol. The van der Waals surface area contributed by atoms with Crippen molar-refractivity contribution in [3.05, 3.63) is 111 Å². The van der Waals surface area contributed by atoms with Crippen molar-refractivity contribution in [1.29, 1.82) is 0 Å². The third kappa shape index (κ3) is 8.16. The van der Waals surface area contributed by atoms with E-state index in [1.807, 2.05) is 30.3 Å². The predicted octanol–water partition coefficient (Wildman–Crippen LogP) is 5.59. The number of methoxy groups -OCH3 is 2. The van der Waals surface area contributed by atoms with Crippen molar-refractivity contribution in [2.75, 3.05) is 34.0 Å². The monoisotopic (exact) mass is 832 g/mol. The number of halogens is 2. The summed E-state index contributed by atoms with van der Waals surface area (Å²) in [5.41, 5.74) is 2.26. The number of hydrogen-bond acceptors (Lipinski definition) is 11. The highest BCUT2D eigenvalue weighted by atomic mass is 127. The summed E-state index contributed by atoms with van der Waals surface area (Å²) in [5.74, 6) is 0.398. The first-order valence-corrected chi connectivity index (χ1v) is 17.8. The van der Waals surface area contributed by atoms with Gasteiger partial charge in [0.15, 0.2) is 34.4 Å². The van der Waals surface area contributed by atoms with Gasteiger partial charge in [-0.05, 0) is 97.0 Å². The molecule has 0 aliphatic carbocycles. The number of hydrogen-bond donors (Lipinski definition) is 0. The molecule has 0 N–H and O–H groups in total. The Bertz CT molecular complexity index is 2140. The Labute approximate surface area is 310 Å². The van der Waals surface area contributed by atoms with Crippen molar-refractivity contribution in [2.24, 2.45) is 4.99 Å². The van der Waals surface area contributed by atoms with Crippen LogP contribution in [0.4, 0.5) is 0 Å². The Hall–Kier alpha value is -4.34. The number of nitrogens with zero attached hydrogens (tertiary/aromatic N) is 2. The van der Waals surface area contributed by atoms with Crippen molar-refractivity contribution < 1.29 is 38.0 Å². The van der Waals surface area contributed by atoms with Gasteiger partial charge in [0.05, 0.1) is 49.3 Å². The average Bonchev–Trinajstić information content (AvgIpc) is 3.39. The lowest BCUT2D eigenvalue weighted by atomic mass is 9.95. The molecule has 14 heteroatoms. The summed E-state index contributed by atoms with van der Waals surface area (Å²) in [6.07, 6.45) is 1.73. The van der Waals surface area contributed by atoms with Crippen LogP contribution in [0, 0.1) is 3.57 Å². The van der Waals surface area contributed by atoms with Gasteiger partial charge in [-0.3, -0.25) is 9.36 Å². The smallest absolute Gasteiger partial charge is 0.343 e. The van der Waals surface area contributed by atoms with Crippen LogP contribution >= 0.6 is 45.5 Å². The molecule has 0 fully saturated rings. The minimum absolute atomic E-state index is 0.129. The van der Waals surface area contributed by atoms with Crippen LogP contribution in [0.25, 0.3) is 6.08 Å². The molecule has 1 aliphatic heterocycles. The van der Waals surface area contributed by atoms with Gasteiger partial charge in [0.25, 0.3) is 5.56 Å². The number of rotatable bonds is 13. The largest absolute Gasteiger partial charge is 0.493 e. The van der Waals surface area contributed by atoms with E-state index >= 15 is 0 Å². The Morgan fingerprint density at radius 1 is 1.00 bits per heavy atom. The molecule has 0 unspecified atom stereocenters.